The third-order valence-corrected chi connectivity index (χ3v) is 4.08. The van der Waals surface area contributed by atoms with E-state index in [0.29, 0.717) is 25.7 Å². The second-order valence-corrected chi connectivity index (χ2v) is 6.56. The lowest BCUT2D eigenvalue weighted by Crippen LogP contribution is -2.03. The third-order valence-electron chi connectivity index (χ3n) is 4.08. The zero-order valence-corrected chi connectivity index (χ0v) is 15.6. The topological polar surface area (TPSA) is 80.9 Å². The molecule has 0 aromatic rings. The first-order chi connectivity index (χ1) is 11.1. The predicted octanol–water partition coefficient (Wildman–Crippen LogP) is 3.65. The highest BCUT2D eigenvalue weighted by Crippen LogP contribution is 2.09. The number of hydrogen-bond acceptors (Lipinski definition) is 4. The van der Waals surface area contributed by atoms with Gasteiger partial charge in [-0.2, -0.15) is 0 Å². The average molecular weight is 335 g/mol. The normalized spacial score (nSPS) is 13.3. The highest BCUT2D eigenvalue weighted by molar-refractivity contribution is 4.53. The summed E-state index contributed by atoms with van der Waals surface area (Å²) in [7, 11) is 0. The first-order valence-corrected chi connectivity index (χ1v) is 9.62. The molecule has 0 aliphatic carbocycles. The Morgan fingerprint density at radius 2 is 1.09 bits per heavy atom. The van der Waals surface area contributed by atoms with Crippen molar-refractivity contribution in [3.05, 3.63) is 0 Å². The van der Waals surface area contributed by atoms with E-state index < -0.39 is 0 Å². The first kappa shape index (κ1) is 25.1. The molecular formula is C19H42O4. The molecule has 23 heavy (non-hydrogen) atoms. The standard InChI is InChI=1S/C10H22O2.C9H20O2/c1-2-10(12)8-6-4-3-5-7-9-11;1-9(8-11)6-4-2-3-5-7-10/h10-12H,2-9H2,1H3;9-11H,2-8H2,1H3. The van der Waals surface area contributed by atoms with Crippen LogP contribution >= 0.6 is 0 Å². The van der Waals surface area contributed by atoms with Crippen LogP contribution in [0.15, 0.2) is 0 Å². The van der Waals surface area contributed by atoms with E-state index in [2.05, 4.69) is 6.92 Å². The molecule has 0 fully saturated rings. The molecule has 0 radical (unpaired) electrons. The maximum Gasteiger partial charge on any atom is 0.0537 e. The zero-order chi connectivity index (χ0) is 17.8. The van der Waals surface area contributed by atoms with E-state index in [4.69, 9.17) is 15.3 Å². The van der Waals surface area contributed by atoms with Crippen LogP contribution in [0.2, 0.25) is 0 Å². The average Bonchev–Trinajstić information content (AvgIpc) is 2.57. The molecule has 4 N–H and O–H groups in total. The molecule has 0 heterocycles. The van der Waals surface area contributed by atoms with Crippen molar-refractivity contribution < 1.29 is 20.4 Å². The molecule has 2 atom stereocenters. The van der Waals surface area contributed by atoms with Gasteiger partial charge in [0.1, 0.15) is 0 Å². The van der Waals surface area contributed by atoms with Gasteiger partial charge in [0.15, 0.2) is 0 Å². The molecule has 0 amide bonds. The zero-order valence-electron chi connectivity index (χ0n) is 15.6. The van der Waals surface area contributed by atoms with Gasteiger partial charge in [-0.25, -0.2) is 0 Å². The van der Waals surface area contributed by atoms with Gasteiger partial charge < -0.3 is 20.4 Å². The van der Waals surface area contributed by atoms with Crippen LogP contribution in [-0.2, 0) is 0 Å². The van der Waals surface area contributed by atoms with Crippen molar-refractivity contribution in [2.75, 3.05) is 19.8 Å². The molecule has 4 heteroatoms. The van der Waals surface area contributed by atoms with Crippen LogP contribution in [0.5, 0.6) is 0 Å². The van der Waals surface area contributed by atoms with Gasteiger partial charge in [0, 0.05) is 19.8 Å². The fourth-order valence-corrected chi connectivity index (χ4v) is 2.28. The summed E-state index contributed by atoms with van der Waals surface area (Å²) in [5, 5.41) is 34.9. The summed E-state index contributed by atoms with van der Waals surface area (Å²) in [4.78, 5) is 0. The van der Waals surface area contributed by atoms with Gasteiger partial charge in [-0.1, -0.05) is 58.8 Å². The molecule has 0 aliphatic heterocycles. The van der Waals surface area contributed by atoms with Gasteiger partial charge in [-0.15, -0.1) is 0 Å². The molecule has 0 spiro atoms. The molecule has 4 nitrogen and oxygen atoms in total. The second kappa shape index (κ2) is 21.8. The van der Waals surface area contributed by atoms with Gasteiger partial charge >= 0.3 is 0 Å². The number of rotatable bonds is 15. The maximum atomic E-state index is 9.22. The highest BCUT2D eigenvalue weighted by Gasteiger charge is 1.99. The quantitative estimate of drug-likeness (QED) is 0.345. The van der Waals surface area contributed by atoms with Gasteiger partial charge in [0.05, 0.1) is 6.10 Å². The summed E-state index contributed by atoms with van der Waals surface area (Å²) in [6.45, 7) is 5.01. The van der Waals surface area contributed by atoms with Crippen LogP contribution in [0.25, 0.3) is 0 Å². The van der Waals surface area contributed by atoms with Crippen molar-refractivity contribution in [3.8, 4) is 0 Å². The number of unbranched alkanes of at least 4 members (excludes halogenated alkanes) is 7. The molecule has 2 unspecified atom stereocenters. The van der Waals surface area contributed by atoms with Crippen molar-refractivity contribution in [1.29, 1.82) is 0 Å². The minimum Gasteiger partial charge on any atom is -0.396 e. The fourth-order valence-electron chi connectivity index (χ4n) is 2.28. The Morgan fingerprint density at radius 3 is 1.52 bits per heavy atom. The van der Waals surface area contributed by atoms with Crippen molar-refractivity contribution >= 4 is 0 Å². The van der Waals surface area contributed by atoms with E-state index in [-0.39, 0.29) is 6.10 Å². The Morgan fingerprint density at radius 1 is 0.652 bits per heavy atom. The molecule has 0 saturated heterocycles. The van der Waals surface area contributed by atoms with Gasteiger partial charge in [-0.05, 0) is 38.0 Å². The SMILES string of the molecule is CC(CO)CCCCCCO.CCC(O)CCCCCCCO. The van der Waals surface area contributed by atoms with E-state index in [1.165, 1.54) is 25.7 Å². The molecule has 0 rings (SSSR count). The number of hydrogen-bond donors (Lipinski definition) is 4. The van der Waals surface area contributed by atoms with Crippen molar-refractivity contribution in [3.63, 3.8) is 0 Å². The monoisotopic (exact) mass is 334 g/mol. The van der Waals surface area contributed by atoms with Crippen LogP contribution in [0, 0.1) is 5.92 Å². The predicted molar refractivity (Wildman–Crippen MR) is 97.5 cm³/mol. The number of aliphatic hydroxyl groups excluding tert-OH is 4. The Bertz CT molecular complexity index is 200. The first-order valence-electron chi connectivity index (χ1n) is 9.62. The second-order valence-electron chi connectivity index (χ2n) is 6.56. The van der Waals surface area contributed by atoms with E-state index in [0.717, 1.165) is 51.4 Å². The summed E-state index contributed by atoms with van der Waals surface area (Å²) < 4.78 is 0. The molecule has 0 aromatic carbocycles. The van der Waals surface area contributed by atoms with E-state index in [9.17, 15) is 5.11 Å². The minimum atomic E-state index is -0.0946. The minimum absolute atomic E-state index is 0.0946. The highest BCUT2D eigenvalue weighted by atomic mass is 16.3. The van der Waals surface area contributed by atoms with Crippen LogP contribution in [0.3, 0.4) is 0 Å². The smallest absolute Gasteiger partial charge is 0.0537 e. The molecule has 0 aromatic heterocycles. The summed E-state index contributed by atoms with van der Waals surface area (Å²) >= 11 is 0. The van der Waals surface area contributed by atoms with Gasteiger partial charge in [0.2, 0.25) is 0 Å². The van der Waals surface area contributed by atoms with E-state index >= 15 is 0 Å². The third kappa shape index (κ3) is 24.2. The largest absolute Gasteiger partial charge is 0.396 e. The molecular weight excluding hydrogens is 292 g/mol. The summed E-state index contributed by atoms with van der Waals surface area (Å²) in [6.07, 6.45) is 12.8. The lowest BCUT2D eigenvalue weighted by molar-refractivity contribution is 0.156. The van der Waals surface area contributed by atoms with Crippen molar-refractivity contribution in [2.24, 2.45) is 5.92 Å². The molecule has 0 aliphatic rings. The Kier molecular flexibility index (Phi) is 23.8. The summed E-state index contributed by atoms with van der Waals surface area (Å²) in [5.74, 6) is 0.448. The van der Waals surface area contributed by atoms with Crippen molar-refractivity contribution in [2.45, 2.75) is 97.0 Å². The van der Waals surface area contributed by atoms with E-state index in [1.54, 1.807) is 0 Å². The van der Waals surface area contributed by atoms with Crippen LogP contribution in [0.4, 0.5) is 0 Å². The molecule has 0 saturated carbocycles. The van der Waals surface area contributed by atoms with Crippen LogP contribution in [-0.4, -0.2) is 46.4 Å². The molecule has 0 bridgehead atoms. The Hall–Kier alpha value is -0.160. The van der Waals surface area contributed by atoms with Crippen LogP contribution < -0.4 is 0 Å². The van der Waals surface area contributed by atoms with Crippen LogP contribution in [0.1, 0.15) is 90.9 Å². The Balaban J connectivity index is 0. The molecule has 142 valence electrons. The van der Waals surface area contributed by atoms with Crippen molar-refractivity contribution in [1.82, 2.24) is 0 Å². The summed E-state index contributed by atoms with van der Waals surface area (Å²) in [6, 6.07) is 0. The maximum absolute atomic E-state index is 9.22. The number of aliphatic hydroxyl groups is 4. The van der Waals surface area contributed by atoms with Gasteiger partial charge in [-0.3, -0.25) is 0 Å². The summed E-state index contributed by atoms with van der Waals surface area (Å²) in [5.41, 5.74) is 0. The lowest BCUT2D eigenvalue weighted by Gasteiger charge is -2.06. The van der Waals surface area contributed by atoms with E-state index in [1.807, 2.05) is 6.92 Å². The fraction of sp³-hybridized carbons (Fsp3) is 1.00. The Labute approximate surface area is 143 Å². The lowest BCUT2D eigenvalue weighted by atomic mass is 10.0. The van der Waals surface area contributed by atoms with Gasteiger partial charge in [0.25, 0.3) is 0 Å².